The average Bonchev–Trinajstić information content (AvgIpc) is 2.73. The third-order valence-electron chi connectivity index (χ3n) is 4.29. The van der Waals surface area contributed by atoms with Crippen LogP contribution in [-0.4, -0.2) is 19.6 Å². The van der Waals surface area contributed by atoms with Gasteiger partial charge in [-0.25, -0.2) is 0 Å². The van der Waals surface area contributed by atoms with E-state index >= 15 is 0 Å². The Morgan fingerprint density at radius 1 is 1.18 bits per heavy atom. The van der Waals surface area contributed by atoms with Gasteiger partial charge in [0.15, 0.2) is 0 Å². The molecule has 0 spiro atoms. The maximum absolute atomic E-state index is 6.29. The van der Waals surface area contributed by atoms with E-state index in [1.165, 1.54) is 29.7 Å². The van der Waals surface area contributed by atoms with Gasteiger partial charge in [0, 0.05) is 30.3 Å². The lowest BCUT2D eigenvalue weighted by Gasteiger charge is -2.25. The summed E-state index contributed by atoms with van der Waals surface area (Å²) in [6.07, 6.45) is 2.44. The number of halogens is 1. The largest absolute Gasteiger partial charge is 0.370 e. The van der Waals surface area contributed by atoms with Crippen molar-refractivity contribution in [3.8, 4) is 0 Å². The van der Waals surface area contributed by atoms with E-state index in [0.29, 0.717) is 0 Å². The molecular weight excluding hydrogens is 292 g/mol. The van der Waals surface area contributed by atoms with Crippen LogP contribution in [0.4, 0.5) is 5.69 Å². The Balaban J connectivity index is 2.01. The fourth-order valence-electron chi connectivity index (χ4n) is 3.14. The highest BCUT2D eigenvalue weighted by Gasteiger charge is 2.23. The Morgan fingerprint density at radius 2 is 2.00 bits per heavy atom. The summed E-state index contributed by atoms with van der Waals surface area (Å²) in [5.41, 5.74) is 3.90. The first-order valence-corrected chi connectivity index (χ1v) is 8.50. The van der Waals surface area contributed by atoms with Crippen molar-refractivity contribution in [1.82, 2.24) is 5.32 Å². The Labute approximate surface area is 138 Å². The molecule has 1 aliphatic heterocycles. The molecule has 0 aliphatic carbocycles. The van der Waals surface area contributed by atoms with E-state index in [0.717, 1.165) is 24.7 Å². The lowest BCUT2D eigenvalue weighted by molar-refractivity contribution is 0.615. The number of unbranched alkanes of at least 4 members (excludes halogenated alkanes) is 1. The molecule has 0 radical (unpaired) electrons. The molecule has 0 saturated heterocycles. The third-order valence-corrected chi connectivity index (χ3v) is 4.52. The smallest absolute Gasteiger partial charge is 0.0598 e. The molecule has 1 N–H and O–H groups in total. The quantitative estimate of drug-likeness (QED) is 0.884. The molecule has 2 aromatic carbocycles. The van der Waals surface area contributed by atoms with Gasteiger partial charge >= 0.3 is 0 Å². The van der Waals surface area contributed by atoms with Crippen LogP contribution in [0.1, 0.15) is 36.9 Å². The molecule has 1 atom stereocenters. The normalized spacial score (nSPS) is 17.9. The van der Waals surface area contributed by atoms with Gasteiger partial charge in [0.25, 0.3) is 0 Å². The molecule has 1 aliphatic rings. The fraction of sp³-hybridized carbons (Fsp3) is 0.368. The number of anilines is 1. The molecule has 0 fully saturated rings. The number of fused-ring (bicyclic) bond motifs is 1. The Morgan fingerprint density at radius 3 is 2.77 bits per heavy atom. The van der Waals surface area contributed by atoms with Gasteiger partial charge in [-0.15, -0.1) is 0 Å². The maximum Gasteiger partial charge on any atom is 0.0598 e. The fourth-order valence-corrected chi connectivity index (χ4v) is 3.32. The minimum Gasteiger partial charge on any atom is -0.370 e. The molecule has 0 bridgehead atoms. The van der Waals surface area contributed by atoms with Gasteiger partial charge < -0.3 is 10.2 Å². The predicted octanol–water partition coefficient (Wildman–Crippen LogP) is 4.64. The zero-order chi connectivity index (χ0) is 15.4. The van der Waals surface area contributed by atoms with Crippen LogP contribution < -0.4 is 10.2 Å². The molecule has 2 nitrogen and oxygen atoms in total. The second kappa shape index (κ2) is 7.17. The minimum atomic E-state index is 0.210. The van der Waals surface area contributed by atoms with Crippen molar-refractivity contribution >= 4 is 17.3 Å². The SMILES string of the molecule is CCCCN1CCNC(c2ccccc2)c2cc(Cl)ccc21. The van der Waals surface area contributed by atoms with Crippen LogP contribution in [0.25, 0.3) is 0 Å². The Hall–Kier alpha value is -1.51. The number of nitrogens with zero attached hydrogens (tertiary/aromatic N) is 1. The first-order chi connectivity index (χ1) is 10.8. The van der Waals surface area contributed by atoms with E-state index in [4.69, 9.17) is 11.6 Å². The third kappa shape index (κ3) is 3.29. The second-order valence-electron chi connectivity index (χ2n) is 5.84. The van der Waals surface area contributed by atoms with Crippen LogP contribution in [0.2, 0.25) is 5.02 Å². The zero-order valence-corrected chi connectivity index (χ0v) is 13.8. The summed E-state index contributed by atoms with van der Waals surface area (Å²) < 4.78 is 0. The van der Waals surface area contributed by atoms with Crippen LogP contribution in [0.5, 0.6) is 0 Å². The summed E-state index contributed by atoms with van der Waals surface area (Å²) in [6, 6.07) is 17.1. The molecule has 116 valence electrons. The van der Waals surface area contributed by atoms with Gasteiger partial charge in [-0.3, -0.25) is 0 Å². The van der Waals surface area contributed by atoms with Gasteiger partial charge in [-0.2, -0.15) is 0 Å². The number of benzene rings is 2. The van der Waals surface area contributed by atoms with Crippen molar-refractivity contribution in [2.75, 3.05) is 24.5 Å². The highest BCUT2D eigenvalue weighted by molar-refractivity contribution is 6.30. The van der Waals surface area contributed by atoms with Crippen molar-refractivity contribution in [2.45, 2.75) is 25.8 Å². The number of rotatable bonds is 4. The molecule has 0 saturated carbocycles. The van der Waals surface area contributed by atoms with E-state index in [-0.39, 0.29) is 6.04 Å². The minimum absolute atomic E-state index is 0.210. The lowest BCUT2D eigenvalue weighted by Crippen LogP contribution is -2.30. The summed E-state index contributed by atoms with van der Waals surface area (Å²) >= 11 is 6.29. The standard InChI is InChI=1S/C19H23ClN2/c1-2-3-12-22-13-11-21-19(15-7-5-4-6-8-15)17-14-16(20)9-10-18(17)22/h4-10,14,19,21H,2-3,11-13H2,1H3. The number of hydrogen-bond acceptors (Lipinski definition) is 2. The van der Waals surface area contributed by atoms with Crippen LogP contribution in [-0.2, 0) is 0 Å². The lowest BCUT2D eigenvalue weighted by atomic mass is 9.97. The van der Waals surface area contributed by atoms with E-state index in [1.807, 2.05) is 6.07 Å². The van der Waals surface area contributed by atoms with E-state index < -0.39 is 0 Å². The van der Waals surface area contributed by atoms with E-state index in [9.17, 15) is 0 Å². The van der Waals surface area contributed by atoms with Gasteiger partial charge in [0.1, 0.15) is 0 Å². The molecule has 2 aromatic rings. The molecule has 0 aromatic heterocycles. The molecule has 22 heavy (non-hydrogen) atoms. The van der Waals surface area contributed by atoms with Crippen LogP contribution in [0.15, 0.2) is 48.5 Å². The topological polar surface area (TPSA) is 15.3 Å². The summed E-state index contributed by atoms with van der Waals surface area (Å²) in [7, 11) is 0. The van der Waals surface area contributed by atoms with Gasteiger partial charge in [0.2, 0.25) is 0 Å². The Bertz CT molecular complexity index is 612. The van der Waals surface area contributed by atoms with Crippen LogP contribution in [0, 0.1) is 0 Å². The summed E-state index contributed by atoms with van der Waals surface area (Å²) in [4.78, 5) is 2.49. The van der Waals surface area contributed by atoms with Gasteiger partial charge in [-0.05, 0) is 35.7 Å². The summed E-state index contributed by atoms with van der Waals surface area (Å²) in [5, 5.41) is 4.49. The van der Waals surface area contributed by atoms with Gasteiger partial charge in [0.05, 0.1) is 6.04 Å². The first-order valence-electron chi connectivity index (χ1n) is 8.12. The van der Waals surface area contributed by atoms with E-state index in [1.54, 1.807) is 0 Å². The average molecular weight is 315 g/mol. The number of nitrogens with one attached hydrogen (secondary N) is 1. The maximum atomic E-state index is 6.29. The van der Waals surface area contributed by atoms with Gasteiger partial charge in [-0.1, -0.05) is 55.3 Å². The molecule has 1 unspecified atom stereocenters. The van der Waals surface area contributed by atoms with Crippen molar-refractivity contribution in [2.24, 2.45) is 0 Å². The second-order valence-corrected chi connectivity index (χ2v) is 6.28. The molecule has 0 amide bonds. The van der Waals surface area contributed by atoms with Crippen LogP contribution in [0.3, 0.4) is 0 Å². The predicted molar refractivity (Wildman–Crippen MR) is 94.9 cm³/mol. The molecule has 1 heterocycles. The monoisotopic (exact) mass is 314 g/mol. The van der Waals surface area contributed by atoms with E-state index in [2.05, 4.69) is 59.6 Å². The van der Waals surface area contributed by atoms with Crippen molar-refractivity contribution < 1.29 is 0 Å². The zero-order valence-electron chi connectivity index (χ0n) is 13.1. The summed E-state index contributed by atoms with van der Waals surface area (Å²) in [6.45, 7) is 5.37. The van der Waals surface area contributed by atoms with Crippen molar-refractivity contribution in [3.63, 3.8) is 0 Å². The highest BCUT2D eigenvalue weighted by Crippen LogP contribution is 2.34. The molecule has 3 heteroatoms. The first kappa shape index (κ1) is 15.4. The molecular formula is C19H23ClN2. The van der Waals surface area contributed by atoms with Crippen LogP contribution >= 0.6 is 11.6 Å². The molecule has 3 rings (SSSR count). The summed E-state index contributed by atoms with van der Waals surface area (Å²) in [5.74, 6) is 0. The Kier molecular flexibility index (Phi) is 5.01. The number of hydrogen-bond donors (Lipinski definition) is 1. The highest BCUT2D eigenvalue weighted by atomic mass is 35.5. The van der Waals surface area contributed by atoms with Crippen molar-refractivity contribution in [3.05, 3.63) is 64.7 Å². The van der Waals surface area contributed by atoms with Crippen molar-refractivity contribution in [1.29, 1.82) is 0 Å².